The minimum Gasteiger partial charge on any atom is -0.323 e. The Morgan fingerprint density at radius 2 is 1.70 bits per heavy atom. The highest BCUT2D eigenvalue weighted by molar-refractivity contribution is 8.00. The molecule has 0 heterocycles. The van der Waals surface area contributed by atoms with Crippen LogP contribution in [0.3, 0.4) is 0 Å². The Morgan fingerprint density at radius 3 is 2.30 bits per heavy atom. The largest absolute Gasteiger partial charge is 0.323 e. The summed E-state index contributed by atoms with van der Waals surface area (Å²) in [6, 6.07) is 10.9. The maximum Gasteiger partial charge on any atom is 0.234 e. The lowest BCUT2D eigenvalue weighted by Crippen LogP contribution is -2.14. The van der Waals surface area contributed by atoms with Gasteiger partial charge in [-0.3, -0.25) is 4.79 Å². The number of nitrogens with one attached hydrogen (secondary N) is 1. The van der Waals surface area contributed by atoms with Gasteiger partial charge in [-0.05, 0) is 36.4 Å². The number of carbonyl (C=O) groups is 1. The average molecular weight is 330 g/mol. The first-order chi connectivity index (χ1) is 9.56. The third-order valence-corrected chi connectivity index (χ3v) is 4.05. The molecule has 0 aromatic heterocycles. The van der Waals surface area contributed by atoms with Gasteiger partial charge in [0.1, 0.15) is 5.82 Å². The van der Waals surface area contributed by atoms with E-state index in [9.17, 15) is 9.18 Å². The van der Waals surface area contributed by atoms with Crippen molar-refractivity contribution in [1.29, 1.82) is 0 Å². The molecule has 0 bridgehead atoms. The highest BCUT2D eigenvalue weighted by Crippen LogP contribution is 2.30. The van der Waals surface area contributed by atoms with E-state index in [1.165, 1.54) is 23.9 Å². The Hall–Kier alpha value is -1.23. The summed E-state index contributed by atoms with van der Waals surface area (Å²) in [5.41, 5.74) is 0.403. The Bertz CT molecular complexity index is 599. The van der Waals surface area contributed by atoms with E-state index in [0.717, 1.165) is 4.90 Å². The zero-order valence-corrected chi connectivity index (χ0v) is 12.5. The molecule has 0 spiro atoms. The number of thioether (sulfide) groups is 1. The summed E-state index contributed by atoms with van der Waals surface area (Å²) in [6.07, 6.45) is 0. The predicted octanol–water partition coefficient (Wildman–Crippen LogP) is 4.86. The van der Waals surface area contributed by atoms with Crippen molar-refractivity contribution in [3.05, 3.63) is 58.3 Å². The van der Waals surface area contributed by atoms with E-state index >= 15 is 0 Å². The summed E-state index contributed by atoms with van der Waals surface area (Å²) in [5, 5.41) is 3.44. The Balaban J connectivity index is 1.94. The van der Waals surface area contributed by atoms with E-state index < -0.39 is 0 Å². The molecule has 0 saturated heterocycles. The molecular weight excluding hydrogens is 320 g/mol. The second-order valence-corrected chi connectivity index (χ2v) is 5.75. The van der Waals surface area contributed by atoms with Gasteiger partial charge in [-0.25, -0.2) is 4.39 Å². The smallest absolute Gasteiger partial charge is 0.234 e. The zero-order valence-electron chi connectivity index (χ0n) is 10.2. The number of carbonyl (C=O) groups excluding carboxylic acids is 1. The van der Waals surface area contributed by atoms with Crippen molar-refractivity contribution < 1.29 is 9.18 Å². The van der Waals surface area contributed by atoms with Gasteiger partial charge in [0.25, 0.3) is 0 Å². The molecule has 20 heavy (non-hydrogen) atoms. The predicted molar refractivity (Wildman–Crippen MR) is 82.2 cm³/mol. The third kappa shape index (κ3) is 4.13. The SMILES string of the molecule is O=C(CSc1ccc(F)cc1)Nc1c(Cl)cccc1Cl. The number of para-hydroxylation sites is 1. The number of halogens is 3. The van der Waals surface area contributed by atoms with E-state index in [2.05, 4.69) is 5.32 Å². The molecule has 104 valence electrons. The van der Waals surface area contributed by atoms with Gasteiger partial charge in [-0.1, -0.05) is 29.3 Å². The van der Waals surface area contributed by atoms with Gasteiger partial charge >= 0.3 is 0 Å². The Labute approximate surface area is 130 Å². The number of amides is 1. The lowest BCUT2D eigenvalue weighted by atomic mass is 10.3. The van der Waals surface area contributed by atoms with Crippen molar-refractivity contribution in [3.8, 4) is 0 Å². The monoisotopic (exact) mass is 329 g/mol. The molecule has 6 heteroatoms. The fourth-order valence-electron chi connectivity index (χ4n) is 1.47. The molecule has 2 nitrogen and oxygen atoms in total. The van der Waals surface area contributed by atoms with Crippen LogP contribution in [0.4, 0.5) is 10.1 Å². The summed E-state index contributed by atoms with van der Waals surface area (Å²) < 4.78 is 12.7. The summed E-state index contributed by atoms with van der Waals surface area (Å²) in [5.74, 6) is -0.344. The summed E-state index contributed by atoms with van der Waals surface area (Å²) in [7, 11) is 0. The quantitative estimate of drug-likeness (QED) is 0.811. The van der Waals surface area contributed by atoms with Gasteiger partial charge in [-0.2, -0.15) is 0 Å². The van der Waals surface area contributed by atoms with Crippen LogP contribution >= 0.6 is 35.0 Å². The highest BCUT2D eigenvalue weighted by atomic mass is 35.5. The zero-order chi connectivity index (χ0) is 14.5. The average Bonchev–Trinajstić information content (AvgIpc) is 2.42. The Kier molecular flexibility index (Phi) is 5.29. The van der Waals surface area contributed by atoms with E-state index in [4.69, 9.17) is 23.2 Å². The van der Waals surface area contributed by atoms with Crippen LogP contribution < -0.4 is 5.32 Å². The second kappa shape index (κ2) is 6.97. The van der Waals surface area contributed by atoms with Crippen molar-refractivity contribution in [1.82, 2.24) is 0 Å². The van der Waals surface area contributed by atoms with Crippen LogP contribution in [-0.2, 0) is 4.79 Å². The number of hydrogen-bond donors (Lipinski definition) is 1. The lowest BCUT2D eigenvalue weighted by Gasteiger charge is -2.08. The van der Waals surface area contributed by atoms with Crippen LogP contribution in [0.5, 0.6) is 0 Å². The first-order valence-electron chi connectivity index (χ1n) is 5.68. The first kappa shape index (κ1) is 15.2. The van der Waals surface area contributed by atoms with Crippen molar-refractivity contribution in [2.45, 2.75) is 4.90 Å². The van der Waals surface area contributed by atoms with Gasteiger partial charge in [0, 0.05) is 4.90 Å². The fourth-order valence-corrected chi connectivity index (χ4v) is 2.66. The molecule has 0 radical (unpaired) electrons. The van der Waals surface area contributed by atoms with Gasteiger partial charge < -0.3 is 5.32 Å². The summed E-state index contributed by atoms with van der Waals surface area (Å²) >= 11 is 13.2. The molecule has 0 aliphatic rings. The molecule has 0 saturated carbocycles. The molecular formula is C14H10Cl2FNOS. The highest BCUT2D eigenvalue weighted by Gasteiger charge is 2.09. The Morgan fingerprint density at radius 1 is 1.10 bits per heavy atom. The van der Waals surface area contributed by atoms with Crippen molar-refractivity contribution in [2.75, 3.05) is 11.1 Å². The second-order valence-electron chi connectivity index (χ2n) is 3.89. The normalized spacial score (nSPS) is 10.3. The van der Waals surface area contributed by atoms with Crippen LogP contribution in [0.15, 0.2) is 47.4 Å². The van der Waals surface area contributed by atoms with E-state index in [1.807, 2.05) is 0 Å². The molecule has 2 rings (SSSR count). The van der Waals surface area contributed by atoms with Gasteiger partial charge in [0.15, 0.2) is 0 Å². The number of anilines is 1. The molecule has 0 unspecified atom stereocenters. The molecule has 0 atom stereocenters. The fraction of sp³-hybridized carbons (Fsp3) is 0.0714. The van der Waals surface area contributed by atoms with Crippen LogP contribution in [0.2, 0.25) is 10.0 Å². The summed E-state index contributed by atoms with van der Waals surface area (Å²) in [4.78, 5) is 12.6. The number of hydrogen-bond acceptors (Lipinski definition) is 2. The summed E-state index contributed by atoms with van der Waals surface area (Å²) in [6.45, 7) is 0. The minimum absolute atomic E-state index is 0.188. The van der Waals surface area contributed by atoms with Crippen LogP contribution in [-0.4, -0.2) is 11.7 Å². The van der Waals surface area contributed by atoms with Crippen molar-refractivity contribution in [3.63, 3.8) is 0 Å². The molecule has 2 aromatic carbocycles. The third-order valence-electron chi connectivity index (χ3n) is 2.41. The van der Waals surface area contributed by atoms with Gasteiger partial charge in [0.05, 0.1) is 21.5 Å². The minimum atomic E-state index is -0.304. The van der Waals surface area contributed by atoms with Gasteiger partial charge in [0.2, 0.25) is 5.91 Å². The van der Waals surface area contributed by atoms with E-state index in [1.54, 1.807) is 30.3 Å². The van der Waals surface area contributed by atoms with Crippen LogP contribution in [0, 0.1) is 5.82 Å². The standard InChI is InChI=1S/C14H10Cl2FNOS/c15-11-2-1-3-12(16)14(11)18-13(19)8-20-10-6-4-9(17)5-7-10/h1-7H,8H2,(H,18,19). The molecule has 0 aliphatic heterocycles. The van der Waals surface area contributed by atoms with E-state index in [-0.39, 0.29) is 17.5 Å². The topological polar surface area (TPSA) is 29.1 Å². The maximum absolute atomic E-state index is 12.7. The molecule has 0 aliphatic carbocycles. The first-order valence-corrected chi connectivity index (χ1v) is 7.42. The van der Waals surface area contributed by atoms with E-state index in [0.29, 0.717) is 15.7 Å². The molecule has 1 N–H and O–H groups in total. The maximum atomic E-state index is 12.7. The molecule has 1 amide bonds. The van der Waals surface area contributed by atoms with Gasteiger partial charge in [-0.15, -0.1) is 11.8 Å². The number of rotatable bonds is 4. The lowest BCUT2D eigenvalue weighted by molar-refractivity contribution is -0.113. The number of benzene rings is 2. The molecule has 2 aromatic rings. The van der Waals surface area contributed by atoms with Crippen molar-refractivity contribution >= 4 is 46.6 Å². The van der Waals surface area contributed by atoms with Crippen molar-refractivity contribution in [2.24, 2.45) is 0 Å². The van der Waals surface area contributed by atoms with Crippen LogP contribution in [0.1, 0.15) is 0 Å². The molecule has 0 fully saturated rings. The van der Waals surface area contributed by atoms with Crippen LogP contribution in [0.25, 0.3) is 0 Å².